The monoisotopic (exact) mass is 317 g/mol. The molecule has 0 fully saturated rings. The highest BCUT2D eigenvalue weighted by Crippen LogP contribution is 2.24. The highest BCUT2D eigenvalue weighted by Gasteiger charge is 2.21. The van der Waals surface area contributed by atoms with Crippen LogP contribution in [0.25, 0.3) is 0 Å². The van der Waals surface area contributed by atoms with Crippen LogP contribution >= 0.6 is 11.6 Å². The fraction of sp³-hybridized carbons (Fsp3) is 0.429. The third-order valence-electron chi connectivity index (χ3n) is 2.69. The molecule has 0 unspecified atom stereocenters. The second-order valence-electron chi connectivity index (χ2n) is 5.19. The van der Waals surface area contributed by atoms with E-state index in [1.807, 2.05) is 0 Å². The van der Waals surface area contributed by atoms with E-state index in [1.165, 1.54) is 12.1 Å². The molecule has 0 radical (unpaired) electrons. The van der Waals surface area contributed by atoms with Gasteiger partial charge >= 0.3 is 5.97 Å². The number of carboxylic acids is 1. The minimum absolute atomic E-state index is 0.0437. The quantitative estimate of drug-likeness (QED) is 0.810. The smallest absolute Gasteiger partial charge is 0.303 e. The van der Waals surface area contributed by atoms with Crippen molar-refractivity contribution in [3.05, 3.63) is 29.0 Å². The molecule has 2 N–H and O–H groups in total. The fourth-order valence-corrected chi connectivity index (χ4v) is 1.85. The Kier molecular flexibility index (Phi) is 5.96. The molecule has 0 saturated heterocycles. The first-order valence-corrected chi connectivity index (χ1v) is 6.68. The van der Waals surface area contributed by atoms with Crippen molar-refractivity contribution in [3.8, 4) is 5.75 Å². The highest BCUT2D eigenvalue weighted by atomic mass is 35.5. The largest absolute Gasteiger partial charge is 0.482 e. The van der Waals surface area contributed by atoms with Gasteiger partial charge in [0.05, 0.1) is 5.02 Å². The predicted molar refractivity (Wildman–Crippen MR) is 76.0 cm³/mol. The summed E-state index contributed by atoms with van der Waals surface area (Å²) in [5.41, 5.74) is -0.661. The molecule has 0 aliphatic rings. The predicted octanol–water partition coefficient (Wildman–Crippen LogP) is 2.62. The molecule has 1 amide bonds. The van der Waals surface area contributed by atoms with Gasteiger partial charge in [0, 0.05) is 12.0 Å². The molecular formula is C14H17ClFNO4. The zero-order valence-electron chi connectivity index (χ0n) is 11.8. The number of nitrogens with one attached hydrogen (secondary N) is 1. The van der Waals surface area contributed by atoms with Crippen LogP contribution in [0, 0.1) is 5.82 Å². The van der Waals surface area contributed by atoms with Gasteiger partial charge in [0.25, 0.3) is 5.91 Å². The maximum absolute atomic E-state index is 12.9. The number of carboxylic acid groups (broad SMARTS) is 1. The Morgan fingerprint density at radius 2 is 2.10 bits per heavy atom. The topological polar surface area (TPSA) is 75.6 Å². The average molecular weight is 318 g/mol. The van der Waals surface area contributed by atoms with E-state index in [-0.39, 0.29) is 23.8 Å². The summed E-state index contributed by atoms with van der Waals surface area (Å²) in [4.78, 5) is 22.3. The van der Waals surface area contributed by atoms with Crippen molar-refractivity contribution in [2.24, 2.45) is 0 Å². The van der Waals surface area contributed by atoms with E-state index < -0.39 is 23.2 Å². The lowest BCUT2D eigenvalue weighted by atomic mass is 9.98. The number of rotatable bonds is 7. The minimum atomic E-state index is -0.924. The lowest BCUT2D eigenvalue weighted by molar-refractivity contribution is -0.138. The molecule has 0 atom stereocenters. The van der Waals surface area contributed by atoms with E-state index in [4.69, 9.17) is 21.4 Å². The number of carbonyl (C=O) groups excluding carboxylic acids is 1. The molecule has 0 saturated carbocycles. The van der Waals surface area contributed by atoms with Crippen molar-refractivity contribution in [3.63, 3.8) is 0 Å². The average Bonchev–Trinajstić information content (AvgIpc) is 2.35. The summed E-state index contributed by atoms with van der Waals surface area (Å²) in [5.74, 6) is -1.62. The van der Waals surface area contributed by atoms with Crippen molar-refractivity contribution in [1.82, 2.24) is 5.32 Å². The van der Waals surface area contributed by atoms with Crippen LogP contribution in [0.15, 0.2) is 18.2 Å². The van der Waals surface area contributed by atoms with Gasteiger partial charge in [-0.2, -0.15) is 0 Å². The molecular weight excluding hydrogens is 301 g/mol. The van der Waals surface area contributed by atoms with E-state index >= 15 is 0 Å². The van der Waals surface area contributed by atoms with Crippen LogP contribution in [-0.2, 0) is 9.59 Å². The van der Waals surface area contributed by atoms with Crippen LogP contribution in [0.5, 0.6) is 5.75 Å². The van der Waals surface area contributed by atoms with E-state index in [0.29, 0.717) is 6.42 Å². The molecule has 0 spiro atoms. The van der Waals surface area contributed by atoms with E-state index in [1.54, 1.807) is 13.8 Å². The number of aliphatic carboxylic acids is 1. The van der Waals surface area contributed by atoms with Crippen LogP contribution in [0.1, 0.15) is 26.7 Å². The minimum Gasteiger partial charge on any atom is -0.482 e. The summed E-state index contributed by atoms with van der Waals surface area (Å²) in [5, 5.41) is 11.4. The Labute approximate surface area is 127 Å². The van der Waals surface area contributed by atoms with Crippen LogP contribution < -0.4 is 10.1 Å². The first kappa shape index (κ1) is 17.2. The maximum atomic E-state index is 12.9. The SMILES string of the molecule is CC(C)(CCC(=O)O)NC(=O)COc1ccc(F)cc1Cl. The number of benzene rings is 1. The summed E-state index contributed by atoms with van der Waals surface area (Å²) in [6, 6.07) is 3.60. The first-order chi connectivity index (χ1) is 9.69. The molecule has 5 nitrogen and oxygen atoms in total. The summed E-state index contributed by atoms with van der Waals surface area (Å²) >= 11 is 5.77. The zero-order valence-corrected chi connectivity index (χ0v) is 12.5. The number of hydrogen-bond acceptors (Lipinski definition) is 3. The number of carbonyl (C=O) groups is 2. The Morgan fingerprint density at radius 1 is 1.43 bits per heavy atom. The van der Waals surface area contributed by atoms with Crippen LogP contribution in [0.4, 0.5) is 4.39 Å². The van der Waals surface area contributed by atoms with E-state index in [0.717, 1.165) is 6.07 Å². The van der Waals surface area contributed by atoms with E-state index in [2.05, 4.69) is 5.32 Å². The first-order valence-electron chi connectivity index (χ1n) is 6.30. The molecule has 7 heteroatoms. The van der Waals surface area contributed by atoms with Gasteiger partial charge in [-0.1, -0.05) is 11.6 Å². The number of ether oxygens (including phenoxy) is 1. The van der Waals surface area contributed by atoms with Crippen molar-refractivity contribution < 1.29 is 23.8 Å². The Bertz CT molecular complexity index is 534. The number of hydrogen-bond donors (Lipinski definition) is 2. The second-order valence-corrected chi connectivity index (χ2v) is 5.60. The third-order valence-corrected chi connectivity index (χ3v) is 2.99. The Hall–Kier alpha value is -1.82. The van der Waals surface area contributed by atoms with Gasteiger partial charge < -0.3 is 15.2 Å². The van der Waals surface area contributed by atoms with Gasteiger partial charge in [-0.15, -0.1) is 0 Å². The van der Waals surface area contributed by atoms with Crippen molar-refractivity contribution in [1.29, 1.82) is 0 Å². The molecule has 0 aliphatic carbocycles. The van der Waals surface area contributed by atoms with Crippen LogP contribution in [-0.4, -0.2) is 29.1 Å². The van der Waals surface area contributed by atoms with Gasteiger partial charge in [-0.3, -0.25) is 9.59 Å². The zero-order chi connectivity index (χ0) is 16.0. The molecule has 0 aromatic heterocycles. The lowest BCUT2D eigenvalue weighted by Gasteiger charge is -2.25. The van der Waals surface area contributed by atoms with Gasteiger partial charge in [-0.25, -0.2) is 4.39 Å². The molecule has 1 aromatic carbocycles. The molecule has 116 valence electrons. The molecule has 0 heterocycles. The lowest BCUT2D eigenvalue weighted by Crippen LogP contribution is -2.45. The standard InChI is InChI=1S/C14H17ClFNO4/c1-14(2,6-5-13(19)20)17-12(18)8-21-11-4-3-9(16)7-10(11)15/h3-4,7H,5-6,8H2,1-2H3,(H,17,18)(H,19,20). The summed E-state index contributed by atoms with van der Waals surface area (Å²) < 4.78 is 18.0. The van der Waals surface area contributed by atoms with Gasteiger partial charge in [0.15, 0.2) is 6.61 Å². The molecule has 1 aromatic rings. The third kappa shape index (κ3) is 6.44. The van der Waals surface area contributed by atoms with Gasteiger partial charge in [0.1, 0.15) is 11.6 Å². The van der Waals surface area contributed by atoms with Crippen LogP contribution in [0.3, 0.4) is 0 Å². The number of amides is 1. The maximum Gasteiger partial charge on any atom is 0.303 e. The molecule has 0 bridgehead atoms. The summed E-state index contributed by atoms with van der Waals surface area (Å²) in [6.45, 7) is 3.15. The Balaban J connectivity index is 2.48. The van der Waals surface area contributed by atoms with Crippen molar-refractivity contribution in [2.75, 3.05) is 6.61 Å². The second kappa shape index (κ2) is 7.26. The Morgan fingerprint density at radius 3 is 2.67 bits per heavy atom. The molecule has 0 aliphatic heterocycles. The van der Waals surface area contributed by atoms with Gasteiger partial charge in [0.2, 0.25) is 0 Å². The molecule has 1 rings (SSSR count). The summed E-state index contributed by atoms with van der Waals surface area (Å²) in [7, 11) is 0. The summed E-state index contributed by atoms with van der Waals surface area (Å²) in [6.07, 6.45) is 0.253. The van der Waals surface area contributed by atoms with Crippen molar-refractivity contribution >= 4 is 23.5 Å². The van der Waals surface area contributed by atoms with Gasteiger partial charge in [-0.05, 0) is 38.5 Å². The van der Waals surface area contributed by atoms with E-state index in [9.17, 15) is 14.0 Å². The van der Waals surface area contributed by atoms with Crippen molar-refractivity contribution in [2.45, 2.75) is 32.2 Å². The highest BCUT2D eigenvalue weighted by molar-refractivity contribution is 6.32. The fourth-order valence-electron chi connectivity index (χ4n) is 1.63. The molecule has 21 heavy (non-hydrogen) atoms. The van der Waals surface area contributed by atoms with Crippen LogP contribution in [0.2, 0.25) is 5.02 Å². The number of halogens is 2. The normalized spacial score (nSPS) is 11.0.